The highest BCUT2D eigenvalue weighted by molar-refractivity contribution is 6.35. The topological polar surface area (TPSA) is 49.4 Å². The average molecular weight is 435 g/mol. The van der Waals surface area contributed by atoms with Gasteiger partial charge >= 0.3 is 0 Å². The highest BCUT2D eigenvalue weighted by Crippen LogP contribution is 2.24. The highest BCUT2D eigenvalue weighted by Gasteiger charge is 2.28. The number of aryl methyl sites for hydroxylation is 1. The van der Waals surface area contributed by atoms with Crippen molar-refractivity contribution >= 4 is 35.0 Å². The van der Waals surface area contributed by atoms with Crippen LogP contribution in [-0.4, -0.2) is 28.3 Å². The maximum absolute atomic E-state index is 13.1. The van der Waals surface area contributed by atoms with E-state index < -0.39 is 6.04 Å². The van der Waals surface area contributed by atoms with Gasteiger partial charge in [0.15, 0.2) is 0 Å². The van der Waals surface area contributed by atoms with E-state index in [-0.39, 0.29) is 23.9 Å². The minimum atomic E-state index is -0.635. The fourth-order valence-electron chi connectivity index (χ4n) is 2.93. The van der Waals surface area contributed by atoms with Gasteiger partial charge in [0.2, 0.25) is 11.8 Å². The van der Waals surface area contributed by atoms with E-state index in [1.54, 1.807) is 30.0 Å². The first-order valence-electron chi connectivity index (χ1n) is 9.66. The Kier molecular flexibility index (Phi) is 8.12. The lowest BCUT2D eigenvalue weighted by atomic mass is 10.1. The van der Waals surface area contributed by atoms with E-state index in [1.807, 2.05) is 51.1 Å². The van der Waals surface area contributed by atoms with Crippen molar-refractivity contribution in [2.24, 2.45) is 0 Å². The number of nitrogens with zero attached hydrogens (tertiary/aromatic N) is 1. The Hall–Kier alpha value is -2.04. The van der Waals surface area contributed by atoms with Gasteiger partial charge < -0.3 is 10.2 Å². The van der Waals surface area contributed by atoms with E-state index in [4.69, 9.17) is 23.2 Å². The molecule has 6 heteroatoms. The minimum absolute atomic E-state index is 0.101. The summed E-state index contributed by atoms with van der Waals surface area (Å²) >= 11 is 12.3. The van der Waals surface area contributed by atoms with Crippen molar-refractivity contribution < 1.29 is 9.59 Å². The second kappa shape index (κ2) is 10.1. The minimum Gasteiger partial charge on any atom is -0.350 e. The second-order valence-electron chi connectivity index (χ2n) is 8.16. The smallest absolute Gasteiger partial charge is 0.242 e. The van der Waals surface area contributed by atoms with E-state index in [0.29, 0.717) is 22.9 Å². The van der Waals surface area contributed by atoms with E-state index in [1.165, 1.54) is 0 Å². The molecule has 2 aromatic carbocycles. The van der Waals surface area contributed by atoms with Crippen LogP contribution in [0.2, 0.25) is 10.0 Å². The first-order chi connectivity index (χ1) is 13.6. The number of halogens is 2. The molecule has 1 atom stereocenters. The van der Waals surface area contributed by atoms with Gasteiger partial charge in [0.25, 0.3) is 0 Å². The molecule has 0 aliphatic heterocycles. The average Bonchev–Trinajstić information content (AvgIpc) is 2.64. The third-order valence-electron chi connectivity index (χ3n) is 4.49. The highest BCUT2D eigenvalue weighted by atomic mass is 35.5. The molecule has 4 nitrogen and oxygen atoms in total. The van der Waals surface area contributed by atoms with Crippen molar-refractivity contribution in [3.63, 3.8) is 0 Å². The van der Waals surface area contributed by atoms with Gasteiger partial charge in [0.05, 0.1) is 0 Å². The van der Waals surface area contributed by atoms with Crippen molar-refractivity contribution in [3.8, 4) is 0 Å². The van der Waals surface area contributed by atoms with Crippen molar-refractivity contribution in [3.05, 3.63) is 69.7 Å². The molecule has 2 aromatic rings. The predicted octanol–water partition coefficient (Wildman–Crippen LogP) is 5.26. The summed E-state index contributed by atoms with van der Waals surface area (Å²) in [7, 11) is 0. The fraction of sp³-hybridized carbons (Fsp3) is 0.391. The molecule has 0 fully saturated rings. The maximum atomic E-state index is 13.1. The normalized spacial score (nSPS) is 12.3. The Labute approximate surface area is 183 Å². The van der Waals surface area contributed by atoms with Crippen LogP contribution in [0.1, 0.15) is 45.2 Å². The standard InChI is InChI=1S/C23H28Cl2N2O2/c1-16(22(29)26-23(2,3)4)27(15-18-11-12-19(24)14-20(18)25)21(28)13-10-17-8-6-5-7-9-17/h5-9,11-12,14,16H,10,13,15H2,1-4H3,(H,26,29)/t16-/m0/s1. The zero-order valence-corrected chi connectivity index (χ0v) is 18.8. The largest absolute Gasteiger partial charge is 0.350 e. The molecular formula is C23H28Cl2N2O2. The zero-order valence-electron chi connectivity index (χ0n) is 17.3. The van der Waals surface area contributed by atoms with Crippen LogP contribution in [0.3, 0.4) is 0 Å². The van der Waals surface area contributed by atoms with Crippen LogP contribution in [0.4, 0.5) is 0 Å². The van der Waals surface area contributed by atoms with Crippen LogP contribution in [0, 0.1) is 0 Å². The fourth-order valence-corrected chi connectivity index (χ4v) is 3.40. The molecule has 0 aliphatic carbocycles. The molecule has 0 bridgehead atoms. The molecule has 156 valence electrons. The van der Waals surface area contributed by atoms with Gasteiger partial charge in [-0.2, -0.15) is 0 Å². The summed E-state index contributed by atoms with van der Waals surface area (Å²) in [5.74, 6) is -0.299. The lowest BCUT2D eigenvalue weighted by molar-refractivity contribution is -0.141. The molecule has 0 heterocycles. The van der Waals surface area contributed by atoms with Crippen LogP contribution in [0.5, 0.6) is 0 Å². The first-order valence-corrected chi connectivity index (χ1v) is 10.4. The summed E-state index contributed by atoms with van der Waals surface area (Å²) in [4.78, 5) is 27.4. The monoisotopic (exact) mass is 434 g/mol. The van der Waals surface area contributed by atoms with Crippen LogP contribution < -0.4 is 5.32 Å². The molecule has 0 aromatic heterocycles. The molecule has 0 saturated heterocycles. The Balaban J connectivity index is 2.21. The predicted molar refractivity (Wildman–Crippen MR) is 119 cm³/mol. The molecule has 0 saturated carbocycles. The van der Waals surface area contributed by atoms with Gasteiger partial charge in [-0.25, -0.2) is 0 Å². The number of nitrogens with one attached hydrogen (secondary N) is 1. The number of amides is 2. The summed E-state index contributed by atoms with van der Waals surface area (Å²) < 4.78 is 0. The van der Waals surface area contributed by atoms with Gasteiger partial charge in [-0.1, -0.05) is 59.6 Å². The number of hydrogen-bond acceptors (Lipinski definition) is 2. The van der Waals surface area contributed by atoms with Gasteiger partial charge in [0.1, 0.15) is 6.04 Å². The van der Waals surface area contributed by atoms with Gasteiger partial charge in [-0.15, -0.1) is 0 Å². The Morgan fingerprint density at radius 3 is 2.31 bits per heavy atom. The molecule has 0 radical (unpaired) electrons. The van der Waals surface area contributed by atoms with Crippen molar-refractivity contribution in [1.82, 2.24) is 10.2 Å². The SMILES string of the molecule is C[C@@H](C(=O)NC(C)(C)C)N(Cc1ccc(Cl)cc1Cl)C(=O)CCc1ccccc1. The Morgan fingerprint density at radius 2 is 1.72 bits per heavy atom. The van der Waals surface area contributed by atoms with Crippen LogP contribution in [0.15, 0.2) is 48.5 Å². The molecule has 29 heavy (non-hydrogen) atoms. The number of hydrogen-bond donors (Lipinski definition) is 1. The lowest BCUT2D eigenvalue weighted by Crippen LogP contribution is -2.52. The summed E-state index contributed by atoms with van der Waals surface area (Å²) in [6.07, 6.45) is 0.917. The third-order valence-corrected chi connectivity index (χ3v) is 5.08. The molecule has 0 spiro atoms. The summed E-state index contributed by atoms with van der Waals surface area (Å²) in [6.45, 7) is 7.72. The van der Waals surface area contributed by atoms with E-state index >= 15 is 0 Å². The molecular weight excluding hydrogens is 407 g/mol. The van der Waals surface area contributed by atoms with Crippen LogP contribution >= 0.6 is 23.2 Å². The third kappa shape index (κ3) is 7.37. The maximum Gasteiger partial charge on any atom is 0.242 e. The number of benzene rings is 2. The molecule has 2 rings (SSSR count). The molecule has 0 aliphatic rings. The summed E-state index contributed by atoms with van der Waals surface area (Å²) in [6, 6.07) is 14.3. The number of carbonyl (C=O) groups is 2. The zero-order chi connectivity index (χ0) is 21.6. The van der Waals surface area contributed by atoms with Crippen molar-refractivity contribution in [2.75, 3.05) is 0 Å². The van der Waals surface area contributed by atoms with Crippen molar-refractivity contribution in [1.29, 1.82) is 0 Å². The molecule has 1 N–H and O–H groups in total. The lowest BCUT2D eigenvalue weighted by Gasteiger charge is -2.31. The Bertz CT molecular complexity index is 848. The van der Waals surface area contributed by atoms with Gasteiger partial charge in [-0.3, -0.25) is 9.59 Å². The number of carbonyl (C=O) groups excluding carboxylic acids is 2. The van der Waals surface area contributed by atoms with Crippen LogP contribution in [-0.2, 0) is 22.6 Å². The first kappa shape index (κ1) is 23.2. The van der Waals surface area contributed by atoms with Crippen LogP contribution in [0.25, 0.3) is 0 Å². The van der Waals surface area contributed by atoms with Gasteiger partial charge in [-0.05, 0) is 57.4 Å². The van der Waals surface area contributed by atoms with E-state index in [0.717, 1.165) is 11.1 Å². The summed E-state index contributed by atoms with van der Waals surface area (Å²) in [5, 5.41) is 3.95. The van der Waals surface area contributed by atoms with E-state index in [2.05, 4.69) is 5.32 Å². The Morgan fingerprint density at radius 1 is 1.07 bits per heavy atom. The van der Waals surface area contributed by atoms with Crippen molar-refractivity contribution in [2.45, 2.75) is 58.7 Å². The quantitative estimate of drug-likeness (QED) is 0.645. The number of rotatable bonds is 7. The van der Waals surface area contributed by atoms with Gasteiger partial charge in [0, 0.05) is 28.5 Å². The molecule has 0 unspecified atom stereocenters. The molecule has 2 amide bonds. The van der Waals surface area contributed by atoms with E-state index in [9.17, 15) is 9.59 Å². The second-order valence-corrected chi connectivity index (χ2v) is 9.00. The summed E-state index contributed by atoms with van der Waals surface area (Å²) in [5.41, 5.74) is 1.44.